The number of carbonyl (C=O) groups is 1. The maximum atomic E-state index is 12.8. The molecule has 1 fully saturated rings. The number of cyclic esters (lactones) is 1. The van der Waals surface area contributed by atoms with Gasteiger partial charge in [-0.05, 0) is 67.9 Å². The molecule has 158 valence electrons. The normalized spacial score (nSPS) is 21.7. The van der Waals surface area contributed by atoms with Crippen LogP contribution in [0.5, 0.6) is 0 Å². The van der Waals surface area contributed by atoms with Crippen molar-refractivity contribution in [1.29, 1.82) is 0 Å². The first-order chi connectivity index (χ1) is 12.6. The van der Waals surface area contributed by atoms with Gasteiger partial charge in [0.25, 0.3) is 0 Å². The Bertz CT molecular complexity index is 626. The summed E-state index contributed by atoms with van der Waals surface area (Å²) in [6.07, 6.45) is 0. The van der Waals surface area contributed by atoms with Crippen LogP contribution in [0.25, 0.3) is 0 Å². The minimum atomic E-state index is -3.40. The first kappa shape index (κ1) is 23.1. The molecule has 1 aliphatic heterocycles. The lowest BCUT2D eigenvalue weighted by Gasteiger charge is -2.46. The van der Waals surface area contributed by atoms with E-state index in [1.54, 1.807) is 0 Å². The second-order valence-corrected chi connectivity index (χ2v) is 12.9. The van der Waals surface area contributed by atoms with Crippen LogP contribution in [0, 0.1) is 0 Å². The van der Waals surface area contributed by atoms with Gasteiger partial charge in [0.05, 0.1) is 34.9 Å². The second kappa shape index (κ2) is 7.90. The van der Waals surface area contributed by atoms with Crippen LogP contribution in [0.2, 0.25) is 5.54 Å². The van der Waals surface area contributed by atoms with Crippen molar-refractivity contribution in [2.24, 2.45) is 0 Å². The van der Waals surface area contributed by atoms with Crippen LogP contribution in [-0.4, -0.2) is 38.2 Å². The fourth-order valence-corrected chi connectivity index (χ4v) is 7.59. The quantitative estimate of drug-likeness (QED) is 0.502. The number of ether oxygens (including phenoxy) is 1. The Morgan fingerprint density at radius 1 is 0.821 bits per heavy atom. The van der Waals surface area contributed by atoms with Gasteiger partial charge in [-0.2, -0.15) is 0 Å². The van der Waals surface area contributed by atoms with Crippen molar-refractivity contribution in [2.45, 2.75) is 90.6 Å². The Balaban J connectivity index is 2.61. The van der Waals surface area contributed by atoms with Crippen LogP contribution in [0.3, 0.4) is 0 Å². The van der Waals surface area contributed by atoms with E-state index in [9.17, 15) is 4.79 Å². The minimum Gasteiger partial charge on any atom is -0.465 e. The molecular formula is C22H36O5Si. The maximum absolute atomic E-state index is 12.8. The molecule has 28 heavy (non-hydrogen) atoms. The average Bonchev–Trinajstić information content (AvgIpc) is 2.85. The molecule has 6 heteroatoms. The van der Waals surface area contributed by atoms with Gasteiger partial charge in [-0.3, -0.25) is 4.79 Å². The molecule has 1 aromatic rings. The monoisotopic (exact) mass is 408 g/mol. The minimum absolute atomic E-state index is 0.229. The van der Waals surface area contributed by atoms with Gasteiger partial charge in [-0.1, -0.05) is 30.3 Å². The maximum Gasteiger partial charge on any atom is 0.510 e. The molecule has 2 rings (SSSR count). The third kappa shape index (κ3) is 6.14. The summed E-state index contributed by atoms with van der Waals surface area (Å²) in [5, 5.41) is 0. The summed E-state index contributed by atoms with van der Waals surface area (Å²) in [7, 11) is -3.40. The summed E-state index contributed by atoms with van der Waals surface area (Å²) in [6.45, 7) is 18.1. The lowest BCUT2D eigenvalue weighted by Crippen LogP contribution is -2.61. The van der Waals surface area contributed by atoms with Gasteiger partial charge < -0.3 is 18.0 Å². The fourth-order valence-electron chi connectivity index (χ4n) is 3.43. The molecule has 0 saturated carbocycles. The molecule has 1 saturated heterocycles. The van der Waals surface area contributed by atoms with Gasteiger partial charge in [0, 0.05) is 0 Å². The summed E-state index contributed by atoms with van der Waals surface area (Å²) in [5.41, 5.74) is -0.930. The van der Waals surface area contributed by atoms with E-state index >= 15 is 0 Å². The predicted octanol–water partition coefficient (Wildman–Crippen LogP) is 5.08. The Morgan fingerprint density at radius 2 is 1.25 bits per heavy atom. The van der Waals surface area contributed by atoms with Gasteiger partial charge in [-0.25, -0.2) is 0 Å². The van der Waals surface area contributed by atoms with Crippen molar-refractivity contribution in [3.63, 3.8) is 0 Å². The summed E-state index contributed by atoms with van der Waals surface area (Å²) in [5.74, 6) is -0.722. The number of rotatable bonds is 5. The Morgan fingerprint density at radius 3 is 1.64 bits per heavy atom. The summed E-state index contributed by atoms with van der Waals surface area (Å²) in [6, 6.07) is 9.71. The molecule has 0 radical (unpaired) electrons. The lowest BCUT2D eigenvalue weighted by molar-refractivity contribution is -0.139. The van der Waals surface area contributed by atoms with Crippen LogP contribution < -0.4 is 0 Å². The summed E-state index contributed by atoms with van der Waals surface area (Å²) < 4.78 is 25.4. The van der Waals surface area contributed by atoms with E-state index < -0.39 is 31.5 Å². The van der Waals surface area contributed by atoms with Crippen molar-refractivity contribution in [2.75, 3.05) is 6.61 Å². The van der Waals surface area contributed by atoms with Gasteiger partial charge in [0.2, 0.25) is 0 Å². The van der Waals surface area contributed by atoms with E-state index in [0.29, 0.717) is 0 Å². The molecule has 1 heterocycles. The highest BCUT2D eigenvalue weighted by Gasteiger charge is 2.63. The van der Waals surface area contributed by atoms with E-state index in [1.165, 1.54) is 0 Å². The first-order valence-corrected chi connectivity index (χ1v) is 11.7. The SMILES string of the molecule is CC(C)(C)O[Si](OC(C)(C)C)(OC(C)(C)C)C1COC(=O)C1c1ccccc1. The third-order valence-electron chi connectivity index (χ3n) is 4.02. The van der Waals surface area contributed by atoms with Crippen molar-refractivity contribution in [1.82, 2.24) is 0 Å². The predicted molar refractivity (Wildman–Crippen MR) is 112 cm³/mol. The molecule has 0 N–H and O–H groups in total. The molecule has 2 unspecified atom stereocenters. The smallest absolute Gasteiger partial charge is 0.465 e. The average molecular weight is 409 g/mol. The van der Waals surface area contributed by atoms with E-state index in [0.717, 1.165) is 5.56 Å². The Kier molecular flexibility index (Phi) is 6.51. The molecule has 5 nitrogen and oxygen atoms in total. The highest BCUT2D eigenvalue weighted by atomic mass is 28.4. The van der Waals surface area contributed by atoms with Gasteiger partial charge >= 0.3 is 14.8 Å². The highest BCUT2D eigenvalue weighted by molar-refractivity contribution is 6.63. The summed E-state index contributed by atoms with van der Waals surface area (Å²) in [4.78, 5) is 12.8. The number of hydrogen-bond donors (Lipinski definition) is 0. The van der Waals surface area contributed by atoms with E-state index in [4.69, 9.17) is 18.0 Å². The zero-order valence-electron chi connectivity index (χ0n) is 18.8. The number of hydrogen-bond acceptors (Lipinski definition) is 5. The third-order valence-corrected chi connectivity index (χ3v) is 8.12. The van der Waals surface area contributed by atoms with Crippen LogP contribution >= 0.6 is 0 Å². The molecule has 0 amide bonds. The van der Waals surface area contributed by atoms with E-state index in [1.807, 2.05) is 92.6 Å². The van der Waals surface area contributed by atoms with Gasteiger partial charge in [0.1, 0.15) is 0 Å². The summed E-state index contributed by atoms with van der Waals surface area (Å²) >= 11 is 0. The van der Waals surface area contributed by atoms with Crippen LogP contribution in [0.1, 0.15) is 73.8 Å². The molecule has 0 bridgehead atoms. The standard InChI is InChI=1S/C22H36O5Si/c1-20(2,3)25-28(26-21(4,5)6,27-22(7,8)9)17-15-24-19(23)18(17)16-13-11-10-12-14-16/h10-14,17-18H,15H2,1-9H3. The van der Waals surface area contributed by atoms with Crippen molar-refractivity contribution < 1.29 is 22.8 Å². The molecule has 2 atom stereocenters. The first-order valence-electron chi connectivity index (χ1n) is 9.94. The molecule has 0 spiro atoms. The number of benzene rings is 1. The van der Waals surface area contributed by atoms with Crippen LogP contribution in [0.4, 0.5) is 0 Å². The van der Waals surface area contributed by atoms with Crippen LogP contribution in [0.15, 0.2) is 30.3 Å². The highest BCUT2D eigenvalue weighted by Crippen LogP contribution is 2.48. The van der Waals surface area contributed by atoms with Crippen molar-refractivity contribution >= 4 is 14.8 Å². The zero-order chi connectivity index (χ0) is 21.4. The second-order valence-electron chi connectivity index (χ2n) is 10.4. The van der Waals surface area contributed by atoms with Gasteiger partial charge in [0.15, 0.2) is 0 Å². The molecule has 0 aromatic heterocycles. The van der Waals surface area contributed by atoms with Gasteiger partial charge in [-0.15, -0.1) is 0 Å². The molecule has 1 aromatic carbocycles. The topological polar surface area (TPSA) is 54.0 Å². The Hall–Kier alpha value is -1.21. The van der Waals surface area contributed by atoms with Crippen molar-refractivity contribution in [3.05, 3.63) is 35.9 Å². The Labute approximate surface area is 171 Å². The van der Waals surface area contributed by atoms with E-state index in [-0.39, 0.29) is 18.1 Å². The van der Waals surface area contributed by atoms with Crippen molar-refractivity contribution in [3.8, 4) is 0 Å². The molecule has 0 aliphatic carbocycles. The zero-order valence-corrected chi connectivity index (χ0v) is 19.8. The van der Waals surface area contributed by atoms with E-state index in [2.05, 4.69) is 0 Å². The largest absolute Gasteiger partial charge is 0.510 e. The number of carbonyl (C=O) groups excluding carboxylic acids is 1. The molecular weight excluding hydrogens is 372 g/mol. The number of esters is 1. The fraction of sp³-hybridized carbons (Fsp3) is 0.682. The van der Waals surface area contributed by atoms with Crippen LogP contribution in [-0.2, 0) is 22.8 Å². The lowest BCUT2D eigenvalue weighted by atomic mass is 9.97. The molecule has 1 aliphatic rings.